The van der Waals surface area contributed by atoms with Crippen LogP contribution in [-0.4, -0.2) is 16.8 Å². The second kappa shape index (κ2) is 5.98. The van der Waals surface area contributed by atoms with Crippen molar-refractivity contribution in [3.8, 4) is 0 Å². The van der Waals surface area contributed by atoms with Crippen molar-refractivity contribution in [3.05, 3.63) is 34.6 Å². The fraction of sp³-hybridized carbons (Fsp3) is 0.300. The van der Waals surface area contributed by atoms with Gasteiger partial charge in [-0.3, -0.25) is 4.79 Å². The topological polar surface area (TPSA) is 37.3 Å². The lowest BCUT2D eigenvalue weighted by Crippen LogP contribution is -1.96. The number of hydrogen-bond donors (Lipinski definition) is 1. The highest BCUT2D eigenvalue weighted by Crippen LogP contribution is 2.22. The summed E-state index contributed by atoms with van der Waals surface area (Å²) in [6, 6.07) is 4.17. The van der Waals surface area contributed by atoms with Gasteiger partial charge >= 0.3 is 5.97 Å². The van der Waals surface area contributed by atoms with Crippen LogP contribution >= 0.6 is 23.4 Å². The first-order chi connectivity index (χ1) is 7.09. The molecule has 0 aliphatic rings. The van der Waals surface area contributed by atoms with Gasteiger partial charge < -0.3 is 5.11 Å². The van der Waals surface area contributed by atoms with Crippen molar-refractivity contribution in [2.45, 2.75) is 12.2 Å². The molecule has 1 rings (SSSR count). The number of carboxylic acids is 1. The first-order valence-corrected chi connectivity index (χ1v) is 5.86. The van der Waals surface area contributed by atoms with Gasteiger partial charge in [0.25, 0.3) is 0 Å². The minimum atomic E-state index is -0.826. The second-order valence-corrected chi connectivity index (χ2v) is 4.44. The monoisotopic (exact) mass is 248 g/mol. The third-order valence-electron chi connectivity index (χ3n) is 1.73. The number of hydrogen-bond acceptors (Lipinski definition) is 2. The molecule has 0 aliphatic carbocycles. The highest BCUT2D eigenvalue weighted by Gasteiger charge is 2.03. The Morgan fingerprint density at radius 2 is 2.27 bits per heavy atom. The van der Waals surface area contributed by atoms with Crippen LogP contribution in [-0.2, 0) is 10.5 Å². The van der Waals surface area contributed by atoms with Crippen molar-refractivity contribution in [2.24, 2.45) is 0 Å². The molecular formula is C10H10ClFO2S. The lowest BCUT2D eigenvalue weighted by Gasteiger charge is -2.03. The average Bonchev–Trinajstić information content (AvgIpc) is 2.17. The molecule has 1 aromatic carbocycles. The molecule has 82 valence electrons. The predicted molar refractivity (Wildman–Crippen MR) is 59.8 cm³/mol. The van der Waals surface area contributed by atoms with Crippen LogP contribution in [0.4, 0.5) is 4.39 Å². The van der Waals surface area contributed by atoms with Gasteiger partial charge in [-0.25, -0.2) is 4.39 Å². The Hall–Kier alpha value is -0.740. The normalized spacial score (nSPS) is 10.3. The van der Waals surface area contributed by atoms with Crippen LogP contribution in [0, 0.1) is 5.82 Å². The Morgan fingerprint density at radius 1 is 1.53 bits per heavy atom. The molecule has 1 N–H and O–H groups in total. The van der Waals surface area contributed by atoms with E-state index in [2.05, 4.69) is 0 Å². The Balaban J connectivity index is 2.43. The van der Waals surface area contributed by atoms with Crippen LogP contribution in [0.25, 0.3) is 0 Å². The largest absolute Gasteiger partial charge is 0.481 e. The molecule has 0 bridgehead atoms. The molecule has 0 fully saturated rings. The van der Waals surface area contributed by atoms with Crippen LogP contribution in [0.15, 0.2) is 18.2 Å². The maximum Gasteiger partial charge on any atom is 0.304 e. The molecule has 0 amide bonds. The first-order valence-electron chi connectivity index (χ1n) is 4.33. The standard InChI is InChI=1S/C10H10ClFO2S/c11-9-2-1-8(12)5-7(9)6-15-4-3-10(13)14/h1-2,5H,3-4,6H2,(H,13,14). The Labute approximate surface area is 96.4 Å². The molecule has 0 unspecified atom stereocenters. The van der Waals surface area contributed by atoms with Crippen molar-refractivity contribution in [1.29, 1.82) is 0 Å². The van der Waals surface area contributed by atoms with Crippen LogP contribution in [0.1, 0.15) is 12.0 Å². The summed E-state index contributed by atoms with van der Waals surface area (Å²) in [5.74, 6) is -0.118. The third-order valence-corrected chi connectivity index (χ3v) is 3.10. The summed E-state index contributed by atoms with van der Waals surface area (Å²) in [5, 5.41) is 8.92. The third kappa shape index (κ3) is 4.53. The number of carboxylic acid groups (broad SMARTS) is 1. The van der Waals surface area contributed by atoms with Gasteiger partial charge in [-0.2, -0.15) is 11.8 Å². The van der Waals surface area contributed by atoms with Gasteiger partial charge in [-0.15, -0.1) is 0 Å². The molecule has 0 spiro atoms. The Bertz CT molecular complexity index is 357. The number of halogens is 2. The molecule has 2 nitrogen and oxygen atoms in total. The lowest BCUT2D eigenvalue weighted by molar-refractivity contribution is -0.136. The fourth-order valence-electron chi connectivity index (χ4n) is 0.996. The molecule has 0 saturated heterocycles. The fourth-order valence-corrected chi connectivity index (χ4v) is 2.18. The van der Waals surface area contributed by atoms with Crippen molar-refractivity contribution in [3.63, 3.8) is 0 Å². The highest BCUT2D eigenvalue weighted by atomic mass is 35.5. The van der Waals surface area contributed by atoms with E-state index >= 15 is 0 Å². The molecule has 15 heavy (non-hydrogen) atoms. The van der Waals surface area contributed by atoms with E-state index in [4.69, 9.17) is 16.7 Å². The van der Waals surface area contributed by atoms with Gasteiger partial charge in [0, 0.05) is 16.5 Å². The number of thioether (sulfide) groups is 1. The Morgan fingerprint density at radius 3 is 2.93 bits per heavy atom. The molecule has 0 atom stereocenters. The molecule has 1 aromatic rings. The first kappa shape index (κ1) is 12.3. The summed E-state index contributed by atoms with van der Waals surface area (Å²) >= 11 is 7.27. The van der Waals surface area contributed by atoms with Gasteiger partial charge in [0.1, 0.15) is 5.82 Å². The summed E-state index contributed by atoms with van der Waals surface area (Å²) in [7, 11) is 0. The van der Waals surface area contributed by atoms with Crippen molar-refractivity contribution < 1.29 is 14.3 Å². The summed E-state index contributed by atoms with van der Waals surface area (Å²) in [6.07, 6.45) is 0.109. The van der Waals surface area contributed by atoms with E-state index in [0.29, 0.717) is 22.1 Å². The average molecular weight is 249 g/mol. The second-order valence-electron chi connectivity index (χ2n) is 2.93. The number of rotatable bonds is 5. The molecule has 0 radical (unpaired) electrons. The minimum absolute atomic E-state index is 0.109. The number of carbonyl (C=O) groups is 1. The van der Waals surface area contributed by atoms with Crippen LogP contribution in [0.3, 0.4) is 0 Å². The van der Waals surface area contributed by atoms with E-state index in [1.54, 1.807) is 0 Å². The summed E-state index contributed by atoms with van der Waals surface area (Å²) < 4.78 is 12.8. The lowest BCUT2D eigenvalue weighted by atomic mass is 10.2. The SMILES string of the molecule is O=C(O)CCSCc1cc(F)ccc1Cl. The van der Waals surface area contributed by atoms with E-state index in [1.807, 2.05) is 0 Å². The van der Waals surface area contributed by atoms with Gasteiger partial charge in [0.05, 0.1) is 6.42 Å². The quantitative estimate of drug-likeness (QED) is 0.814. The number of aliphatic carboxylic acids is 1. The number of benzene rings is 1. The van der Waals surface area contributed by atoms with Gasteiger partial charge in [0.15, 0.2) is 0 Å². The van der Waals surface area contributed by atoms with Crippen LogP contribution in [0.2, 0.25) is 5.02 Å². The molecule has 0 saturated carbocycles. The van der Waals surface area contributed by atoms with Crippen molar-refractivity contribution >= 4 is 29.3 Å². The molecule has 0 aliphatic heterocycles. The predicted octanol–water partition coefficient (Wildman–Crippen LogP) is 3.19. The summed E-state index contributed by atoms with van der Waals surface area (Å²) in [4.78, 5) is 10.2. The highest BCUT2D eigenvalue weighted by molar-refractivity contribution is 7.98. The molecular weight excluding hydrogens is 239 g/mol. The zero-order valence-corrected chi connectivity index (χ0v) is 9.45. The molecule has 0 aromatic heterocycles. The summed E-state index contributed by atoms with van der Waals surface area (Å²) in [6.45, 7) is 0. The maximum atomic E-state index is 12.8. The van der Waals surface area contributed by atoms with Gasteiger partial charge in [-0.05, 0) is 23.8 Å². The molecule has 0 heterocycles. The smallest absolute Gasteiger partial charge is 0.304 e. The van der Waals surface area contributed by atoms with E-state index in [0.717, 1.165) is 0 Å². The van der Waals surface area contributed by atoms with Crippen LogP contribution < -0.4 is 0 Å². The van der Waals surface area contributed by atoms with Gasteiger partial charge in [0.2, 0.25) is 0 Å². The van der Waals surface area contributed by atoms with E-state index in [9.17, 15) is 9.18 Å². The molecule has 5 heteroatoms. The van der Waals surface area contributed by atoms with Gasteiger partial charge in [-0.1, -0.05) is 11.6 Å². The van der Waals surface area contributed by atoms with E-state index < -0.39 is 5.97 Å². The van der Waals surface area contributed by atoms with Crippen molar-refractivity contribution in [2.75, 3.05) is 5.75 Å². The van der Waals surface area contributed by atoms with E-state index in [1.165, 1.54) is 30.0 Å². The zero-order chi connectivity index (χ0) is 11.3. The van der Waals surface area contributed by atoms with E-state index in [-0.39, 0.29) is 12.2 Å². The maximum absolute atomic E-state index is 12.8. The Kier molecular flexibility index (Phi) is 4.91. The summed E-state index contributed by atoms with van der Waals surface area (Å²) in [5.41, 5.74) is 0.701. The van der Waals surface area contributed by atoms with Crippen LogP contribution in [0.5, 0.6) is 0 Å². The zero-order valence-electron chi connectivity index (χ0n) is 7.87. The minimum Gasteiger partial charge on any atom is -0.481 e. The van der Waals surface area contributed by atoms with Crippen molar-refractivity contribution in [1.82, 2.24) is 0 Å².